The van der Waals surface area contributed by atoms with E-state index in [4.69, 9.17) is 0 Å². The quantitative estimate of drug-likeness (QED) is 0.729. The fraction of sp³-hybridized carbons (Fsp3) is 0.167. The highest BCUT2D eigenvalue weighted by molar-refractivity contribution is 9.10. The maximum Gasteiger partial charge on any atom is 0.249 e. The SMILES string of the molecule is Cc1cc(Br)ccc1Nc1nncc(N2CCc3ccccc32)n1. The van der Waals surface area contributed by atoms with E-state index in [2.05, 4.69) is 71.7 Å². The van der Waals surface area contributed by atoms with Gasteiger partial charge in [-0.15, -0.1) is 5.10 Å². The molecule has 2 heterocycles. The predicted molar refractivity (Wildman–Crippen MR) is 99.1 cm³/mol. The third kappa shape index (κ3) is 2.85. The Morgan fingerprint density at radius 2 is 2.04 bits per heavy atom. The molecule has 3 aromatic rings. The first kappa shape index (κ1) is 15.1. The van der Waals surface area contributed by atoms with E-state index in [1.165, 1.54) is 11.3 Å². The molecule has 0 atom stereocenters. The molecule has 1 N–H and O–H groups in total. The molecular formula is C18H16BrN5. The zero-order chi connectivity index (χ0) is 16.5. The number of anilines is 4. The number of nitrogens with one attached hydrogen (secondary N) is 1. The second-order valence-electron chi connectivity index (χ2n) is 5.75. The molecule has 0 radical (unpaired) electrons. The lowest BCUT2D eigenvalue weighted by molar-refractivity contribution is 0.919. The summed E-state index contributed by atoms with van der Waals surface area (Å²) < 4.78 is 1.05. The molecule has 0 spiro atoms. The van der Waals surface area contributed by atoms with E-state index in [0.29, 0.717) is 5.95 Å². The summed E-state index contributed by atoms with van der Waals surface area (Å²) in [6, 6.07) is 14.4. The van der Waals surface area contributed by atoms with Gasteiger partial charge in [0.25, 0.3) is 0 Å². The summed E-state index contributed by atoms with van der Waals surface area (Å²) in [4.78, 5) is 6.83. The number of fused-ring (bicyclic) bond motifs is 1. The van der Waals surface area contributed by atoms with Gasteiger partial charge in [-0.2, -0.15) is 10.1 Å². The Kier molecular flexibility index (Phi) is 3.90. The highest BCUT2D eigenvalue weighted by Crippen LogP contribution is 2.33. The molecule has 6 heteroatoms. The van der Waals surface area contributed by atoms with Gasteiger partial charge in [0.05, 0.1) is 6.20 Å². The molecule has 0 aliphatic carbocycles. The topological polar surface area (TPSA) is 53.9 Å². The number of halogens is 1. The van der Waals surface area contributed by atoms with Gasteiger partial charge in [0.2, 0.25) is 5.95 Å². The normalized spacial score (nSPS) is 13.0. The maximum atomic E-state index is 4.64. The lowest BCUT2D eigenvalue weighted by atomic mass is 10.2. The molecule has 0 amide bonds. The summed E-state index contributed by atoms with van der Waals surface area (Å²) in [6.07, 6.45) is 2.73. The van der Waals surface area contributed by atoms with E-state index >= 15 is 0 Å². The molecule has 1 aliphatic rings. The molecule has 1 aliphatic heterocycles. The number of hydrogen-bond donors (Lipinski definition) is 1. The second-order valence-corrected chi connectivity index (χ2v) is 6.67. The van der Waals surface area contributed by atoms with Crippen LogP contribution in [0.1, 0.15) is 11.1 Å². The largest absolute Gasteiger partial charge is 0.324 e. The molecule has 24 heavy (non-hydrogen) atoms. The van der Waals surface area contributed by atoms with Gasteiger partial charge >= 0.3 is 0 Å². The molecule has 1 aromatic heterocycles. The van der Waals surface area contributed by atoms with Crippen molar-refractivity contribution >= 4 is 39.1 Å². The standard InChI is InChI=1S/C18H16BrN5/c1-12-10-14(19)6-7-15(12)21-18-22-17(11-20-23-18)24-9-8-13-4-2-3-5-16(13)24/h2-7,10-11H,8-9H2,1H3,(H,21,22,23). The highest BCUT2D eigenvalue weighted by atomic mass is 79.9. The van der Waals surface area contributed by atoms with Crippen molar-refractivity contribution in [2.45, 2.75) is 13.3 Å². The van der Waals surface area contributed by atoms with Crippen LogP contribution < -0.4 is 10.2 Å². The summed E-state index contributed by atoms with van der Waals surface area (Å²) in [6.45, 7) is 2.95. The van der Waals surface area contributed by atoms with Gasteiger partial charge in [-0.05, 0) is 48.7 Å². The number of hydrogen-bond acceptors (Lipinski definition) is 5. The monoisotopic (exact) mass is 381 g/mol. The summed E-state index contributed by atoms with van der Waals surface area (Å²) in [5.41, 5.74) is 4.63. The summed E-state index contributed by atoms with van der Waals surface area (Å²) in [5.74, 6) is 1.31. The van der Waals surface area contributed by atoms with Crippen molar-refractivity contribution in [3.05, 3.63) is 64.3 Å². The Morgan fingerprint density at radius 3 is 2.92 bits per heavy atom. The van der Waals surface area contributed by atoms with Crippen LogP contribution in [-0.4, -0.2) is 21.7 Å². The van der Waals surface area contributed by atoms with Crippen LogP contribution in [0.5, 0.6) is 0 Å². The number of aromatic nitrogens is 3. The third-order valence-electron chi connectivity index (χ3n) is 4.14. The summed E-state index contributed by atoms with van der Waals surface area (Å²) in [5, 5.41) is 11.5. The van der Waals surface area contributed by atoms with Crippen molar-refractivity contribution in [2.24, 2.45) is 0 Å². The second kappa shape index (κ2) is 6.20. The fourth-order valence-corrected chi connectivity index (χ4v) is 3.42. The average molecular weight is 382 g/mol. The number of aryl methyl sites for hydroxylation is 1. The van der Waals surface area contributed by atoms with E-state index in [1.807, 2.05) is 19.1 Å². The lowest BCUT2D eigenvalue weighted by Crippen LogP contribution is -2.16. The zero-order valence-electron chi connectivity index (χ0n) is 13.2. The van der Waals surface area contributed by atoms with Crippen LogP contribution in [0.2, 0.25) is 0 Å². The minimum absolute atomic E-state index is 0.502. The average Bonchev–Trinajstić information content (AvgIpc) is 3.02. The molecule has 0 saturated carbocycles. The van der Waals surface area contributed by atoms with Gasteiger partial charge in [0, 0.05) is 22.4 Å². The van der Waals surface area contributed by atoms with Crippen LogP contribution in [0.15, 0.2) is 53.1 Å². The molecule has 0 unspecified atom stereocenters. The van der Waals surface area contributed by atoms with E-state index < -0.39 is 0 Å². The van der Waals surface area contributed by atoms with Gasteiger partial charge in [-0.3, -0.25) is 0 Å². The van der Waals surface area contributed by atoms with Gasteiger partial charge in [-0.25, -0.2) is 0 Å². The number of para-hydroxylation sites is 1. The van der Waals surface area contributed by atoms with Crippen LogP contribution in [0, 0.1) is 6.92 Å². The van der Waals surface area contributed by atoms with Gasteiger partial charge < -0.3 is 10.2 Å². The van der Waals surface area contributed by atoms with Crippen molar-refractivity contribution in [3.63, 3.8) is 0 Å². The molecule has 0 bridgehead atoms. The highest BCUT2D eigenvalue weighted by Gasteiger charge is 2.21. The minimum atomic E-state index is 0.502. The fourth-order valence-electron chi connectivity index (χ4n) is 2.94. The molecular weight excluding hydrogens is 366 g/mol. The smallest absolute Gasteiger partial charge is 0.249 e. The summed E-state index contributed by atoms with van der Waals surface area (Å²) in [7, 11) is 0. The van der Waals surface area contributed by atoms with Crippen LogP contribution in [-0.2, 0) is 6.42 Å². The van der Waals surface area contributed by atoms with Crippen molar-refractivity contribution in [2.75, 3.05) is 16.8 Å². The third-order valence-corrected chi connectivity index (χ3v) is 4.64. The number of nitrogens with zero attached hydrogens (tertiary/aromatic N) is 4. The van der Waals surface area contributed by atoms with Crippen LogP contribution in [0.25, 0.3) is 0 Å². The van der Waals surface area contributed by atoms with Crippen molar-refractivity contribution < 1.29 is 0 Å². The Labute approximate surface area is 148 Å². The van der Waals surface area contributed by atoms with Crippen LogP contribution >= 0.6 is 15.9 Å². The number of rotatable bonds is 3. The van der Waals surface area contributed by atoms with Gasteiger partial charge in [-0.1, -0.05) is 34.1 Å². The molecule has 0 saturated heterocycles. The predicted octanol–water partition coefficient (Wildman–Crippen LogP) is 4.38. The molecule has 120 valence electrons. The maximum absolute atomic E-state index is 4.64. The Balaban J connectivity index is 1.63. The van der Waals surface area contributed by atoms with E-state index in [9.17, 15) is 0 Å². The first-order chi connectivity index (χ1) is 11.7. The van der Waals surface area contributed by atoms with Gasteiger partial charge in [0.1, 0.15) is 0 Å². The molecule has 5 nitrogen and oxygen atoms in total. The summed E-state index contributed by atoms with van der Waals surface area (Å²) >= 11 is 3.48. The number of benzene rings is 2. The lowest BCUT2D eigenvalue weighted by Gasteiger charge is -2.18. The Hall–Kier alpha value is -2.47. The van der Waals surface area contributed by atoms with Crippen molar-refractivity contribution in [3.8, 4) is 0 Å². The first-order valence-electron chi connectivity index (χ1n) is 7.79. The zero-order valence-corrected chi connectivity index (χ0v) is 14.8. The molecule has 4 rings (SSSR count). The van der Waals surface area contributed by atoms with Gasteiger partial charge in [0.15, 0.2) is 5.82 Å². The molecule has 0 fully saturated rings. The first-order valence-corrected chi connectivity index (χ1v) is 8.58. The van der Waals surface area contributed by atoms with Crippen molar-refractivity contribution in [1.82, 2.24) is 15.2 Å². The van der Waals surface area contributed by atoms with Crippen molar-refractivity contribution in [1.29, 1.82) is 0 Å². The minimum Gasteiger partial charge on any atom is -0.324 e. The Bertz CT molecular complexity index is 896. The van der Waals surface area contributed by atoms with E-state index in [0.717, 1.165) is 34.5 Å². The van der Waals surface area contributed by atoms with E-state index in [1.54, 1.807) is 6.20 Å². The Morgan fingerprint density at radius 1 is 1.17 bits per heavy atom. The van der Waals surface area contributed by atoms with Crippen LogP contribution in [0.3, 0.4) is 0 Å². The van der Waals surface area contributed by atoms with Crippen LogP contribution in [0.4, 0.5) is 23.1 Å². The molecule has 2 aromatic carbocycles. The van der Waals surface area contributed by atoms with E-state index in [-0.39, 0.29) is 0 Å².